The van der Waals surface area contributed by atoms with Crippen molar-refractivity contribution < 1.29 is 4.79 Å². The number of nitrogens with zero attached hydrogens (tertiary/aromatic N) is 5. The lowest BCUT2D eigenvalue weighted by atomic mass is 9.96. The van der Waals surface area contributed by atoms with E-state index in [0.29, 0.717) is 22.3 Å². The first-order valence-corrected chi connectivity index (χ1v) is 10.3. The van der Waals surface area contributed by atoms with Crippen molar-refractivity contribution in [3.8, 4) is 0 Å². The molecule has 6 nitrogen and oxygen atoms in total. The summed E-state index contributed by atoms with van der Waals surface area (Å²) in [6.07, 6.45) is 6.15. The topological polar surface area (TPSA) is 53.7 Å². The Kier molecular flexibility index (Phi) is 5.32. The number of piperidine rings is 1. The summed E-state index contributed by atoms with van der Waals surface area (Å²) >= 11 is 6.33. The average Bonchev–Trinajstić information content (AvgIpc) is 3.12. The maximum Gasteiger partial charge on any atom is 0.167 e. The number of rotatable bonds is 4. The Morgan fingerprint density at radius 2 is 1.97 bits per heavy atom. The Balaban J connectivity index is 1.77. The van der Waals surface area contributed by atoms with Gasteiger partial charge >= 0.3 is 0 Å². The number of carbonyl (C=O) groups is 1. The Morgan fingerprint density at radius 1 is 1.21 bits per heavy atom. The van der Waals surface area contributed by atoms with E-state index in [1.54, 1.807) is 16.9 Å². The molecule has 3 heterocycles. The van der Waals surface area contributed by atoms with Gasteiger partial charge in [0.15, 0.2) is 11.9 Å². The highest BCUT2D eigenvalue weighted by Gasteiger charge is 2.31. The van der Waals surface area contributed by atoms with E-state index in [2.05, 4.69) is 46.7 Å². The normalized spacial score (nSPS) is 16.3. The molecule has 0 bridgehead atoms. The molecule has 152 valence electrons. The molecule has 0 N–H and O–H groups in total. The van der Waals surface area contributed by atoms with Crippen LogP contribution in [0.25, 0.3) is 5.65 Å². The summed E-state index contributed by atoms with van der Waals surface area (Å²) in [4.78, 5) is 20.6. The Morgan fingerprint density at radius 3 is 2.62 bits per heavy atom. The van der Waals surface area contributed by atoms with Gasteiger partial charge in [-0.1, -0.05) is 17.7 Å². The zero-order valence-electron chi connectivity index (χ0n) is 17.0. The van der Waals surface area contributed by atoms with Crippen molar-refractivity contribution in [3.05, 3.63) is 53.3 Å². The van der Waals surface area contributed by atoms with Crippen LogP contribution in [0.1, 0.15) is 44.0 Å². The molecule has 0 atom stereocenters. The quantitative estimate of drug-likeness (QED) is 0.587. The third-order valence-electron chi connectivity index (χ3n) is 5.65. The second-order valence-corrected chi connectivity index (χ2v) is 8.93. The molecule has 0 radical (unpaired) electrons. The molecular formula is C22H26ClN5O. The molecular weight excluding hydrogens is 386 g/mol. The fraction of sp³-hybridized carbons (Fsp3) is 0.409. The number of aromatic nitrogens is 3. The monoisotopic (exact) mass is 411 g/mol. The molecule has 3 aromatic rings. The number of carbonyl (C=O) groups excluding carboxylic acids is 1. The summed E-state index contributed by atoms with van der Waals surface area (Å²) in [5, 5.41) is 5.14. The highest BCUT2D eigenvalue weighted by molar-refractivity contribution is 6.30. The van der Waals surface area contributed by atoms with Crippen LogP contribution in [0.3, 0.4) is 0 Å². The molecule has 0 aliphatic carbocycles. The second kappa shape index (κ2) is 7.76. The van der Waals surface area contributed by atoms with E-state index in [0.717, 1.165) is 43.7 Å². The average molecular weight is 412 g/mol. The van der Waals surface area contributed by atoms with Crippen molar-refractivity contribution >= 4 is 35.0 Å². The molecule has 1 aliphatic heterocycles. The van der Waals surface area contributed by atoms with Gasteiger partial charge in [0.25, 0.3) is 0 Å². The smallest absolute Gasteiger partial charge is 0.167 e. The lowest BCUT2D eigenvalue weighted by Gasteiger charge is -2.44. The Bertz CT molecular complexity index is 1020. The van der Waals surface area contributed by atoms with E-state index >= 15 is 0 Å². The summed E-state index contributed by atoms with van der Waals surface area (Å²) in [5.41, 5.74) is 2.23. The molecule has 0 saturated carbocycles. The standard InChI is InChI=1S/C22H26ClN5O/c1-22(2,3)26-11-8-18(9-12-26)27(19-6-4-5-17(23)13-19)20-7-10-24-21-16(15-29)14-25-28(20)21/h4-7,10,13-15,18H,8-9,11-12H2,1-3H3. The number of hydrogen-bond acceptors (Lipinski definition) is 5. The summed E-state index contributed by atoms with van der Waals surface area (Å²) in [5.74, 6) is 0.888. The van der Waals surface area contributed by atoms with Gasteiger partial charge in [0.2, 0.25) is 0 Å². The van der Waals surface area contributed by atoms with Gasteiger partial charge in [-0.2, -0.15) is 9.61 Å². The molecule has 2 aromatic heterocycles. The highest BCUT2D eigenvalue weighted by atomic mass is 35.5. The van der Waals surface area contributed by atoms with Gasteiger partial charge in [0.05, 0.1) is 11.8 Å². The van der Waals surface area contributed by atoms with Gasteiger partial charge in [-0.15, -0.1) is 0 Å². The molecule has 0 amide bonds. The van der Waals surface area contributed by atoms with E-state index in [4.69, 9.17) is 11.6 Å². The highest BCUT2D eigenvalue weighted by Crippen LogP contribution is 2.34. The van der Waals surface area contributed by atoms with Gasteiger partial charge in [0.1, 0.15) is 5.82 Å². The first-order valence-electron chi connectivity index (χ1n) is 9.96. The molecule has 4 rings (SSSR count). The van der Waals surface area contributed by atoms with Crippen LogP contribution in [0.4, 0.5) is 11.5 Å². The number of benzene rings is 1. The Hall–Kier alpha value is -2.44. The van der Waals surface area contributed by atoms with Crippen molar-refractivity contribution in [1.29, 1.82) is 0 Å². The first-order chi connectivity index (χ1) is 13.9. The molecule has 1 aromatic carbocycles. The molecule has 0 unspecified atom stereocenters. The molecule has 0 spiro atoms. The second-order valence-electron chi connectivity index (χ2n) is 8.50. The summed E-state index contributed by atoms with van der Waals surface area (Å²) < 4.78 is 1.75. The minimum absolute atomic E-state index is 0.163. The van der Waals surface area contributed by atoms with E-state index in [-0.39, 0.29) is 5.54 Å². The van der Waals surface area contributed by atoms with Crippen LogP contribution in [0.5, 0.6) is 0 Å². The molecule has 1 fully saturated rings. The molecule has 1 saturated heterocycles. The van der Waals surface area contributed by atoms with Crippen LogP contribution < -0.4 is 4.90 Å². The molecule has 7 heteroatoms. The van der Waals surface area contributed by atoms with Crippen molar-refractivity contribution in [2.24, 2.45) is 0 Å². The fourth-order valence-corrected chi connectivity index (χ4v) is 4.30. The van der Waals surface area contributed by atoms with Crippen LogP contribution in [-0.2, 0) is 0 Å². The minimum atomic E-state index is 0.163. The number of hydrogen-bond donors (Lipinski definition) is 0. The predicted molar refractivity (Wildman–Crippen MR) is 116 cm³/mol. The van der Waals surface area contributed by atoms with Gasteiger partial charge in [-0.3, -0.25) is 9.69 Å². The summed E-state index contributed by atoms with van der Waals surface area (Å²) in [6, 6.07) is 10.1. The SMILES string of the molecule is CC(C)(C)N1CCC(N(c2cccc(Cl)c2)c2ccnc3c(C=O)cnn23)CC1. The van der Waals surface area contributed by atoms with Gasteiger partial charge in [0, 0.05) is 41.6 Å². The zero-order valence-corrected chi connectivity index (χ0v) is 17.8. The summed E-state index contributed by atoms with van der Waals surface area (Å²) in [6.45, 7) is 8.84. The van der Waals surface area contributed by atoms with Crippen LogP contribution in [0.2, 0.25) is 5.02 Å². The maximum absolute atomic E-state index is 11.4. The maximum atomic E-state index is 11.4. The zero-order chi connectivity index (χ0) is 20.6. The fourth-order valence-electron chi connectivity index (χ4n) is 4.11. The van der Waals surface area contributed by atoms with Crippen molar-refractivity contribution in [2.75, 3.05) is 18.0 Å². The minimum Gasteiger partial charge on any atom is -0.323 e. The largest absolute Gasteiger partial charge is 0.323 e. The number of likely N-dealkylation sites (tertiary alicyclic amines) is 1. The van der Waals surface area contributed by atoms with E-state index in [1.807, 2.05) is 24.3 Å². The summed E-state index contributed by atoms with van der Waals surface area (Å²) in [7, 11) is 0. The van der Waals surface area contributed by atoms with Crippen LogP contribution in [0.15, 0.2) is 42.7 Å². The van der Waals surface area contributed by atoms with Gasteiger partial charge in [-0.25, -0.2) is 4.98 Å². The Labute approximate surface area is 176 Å². The molecule has 29 heavy (non-hydrogen) atoms. The number of aldehydes is 1. The van der Waals surface area contributed by atoms with Crippen molar-refractivity contribution in [1.82, 2.24) is 19.5 Å². The van der Waals surface area contributed by atoms with Crippen LogP contribution in [-0.4, -0.2) is 50.5 Å². The lowest BCUT2D eigenvalue weighted by molar-refractivity contribution is 0.103. The molecule has 1 aliphatic rings. The number of fused-ring (bicyclic) bond motifs is 1. The predicted octanol–water partition coefficient (Wildman–Crippen LogP) is 4.60. The van der Waals surface area contributed by atoms with Crippen molar-refractivity contribution in [2.45, 2.75) is 45.2 Å². The number of anilines is 2. The number of halogens is 1. The van der Waals surface area contributed by atoms with Gasteiger partial charge in [-0.05, 0) is 57.9 Å². The third kappa shape index (κ3) is 3.87. The first kappa shape index (κ1) is 19.9. The third-order valence-corrected chi connectivity index (χ3v) is 5.88. The van der Waals surface area contributed by atoms with Crippen LogP contribution in [0, 0.1) is 0 Å². The lowest BCUT2D eigenvalue weighted by Crippen LogP contribution is -2.50. The van der Waals surface area contributed by atoms with E-state index in [1.165, 1.54) is 0 Å². The van der Waals surface area contributed by atoms with Gasteiger partial charge < -0.3 is 4.90 Å². The van der Waals surface area contributed by atoms with Crippen molar-refractivity contribution in [3.63, 3.8) is 0 Å². The van der Waals surface area contributed by atoms with E-state index < -0.39 is 0 Å². The van der Waals surface area contributed by atoms with Crippen LogP contribution >= 0.6 is 11.6 Å². The van der Waals surface area contributed by atoms with E-state index in [9.17, 15) is 4.79 Å².